The fourth-order valence-electron chi connectivity index (χ4n) is 8.95. The maximum Gasteiger partial charge on any atom is 0.179 e. The molecule has 55 heavy (non-hydrogen) atoms. The van der Waals surface area contributed by atoms with Crippen molar-refractivity contribution in [3.63, 3.8) is 0 Å². The summed E-state index contributed by atoms with van der Waals surface area (Å²) in [4.78, 5) is 5.16. The summed E-state index contributed by atoms with van der Waals surface area (Å²) >= 11 is 1.81. The Hall–Kier alpha value is -6.40. The average Bonchev–Trinajstić information content (AvgIpc) is 3.81. The van der Waals surface area contributed by atoms with Gasteiger partial charge in [-0.15, -0.1) is 0 Å². The zero-order valence-corrected chi connectivity index (χ0v) is 31.8. The average molecular weight is 738 g/mol. The van der Waals surface area contributed by atoms with Gasteiger partial charge in [0.25, 0.3) is 0 Å². The number of rotatable bonds is 6. The predicted molar refractivity (Wildman–Crippen MR) is 234 cm³/mol. The number of hydrogen-bond acceptors (Lipinski definition) is 2. The molecule has 0 spiro atoms. The fraction of sp³-hybridized carbons (Fsp3) is 0.0200. The minimum Gasteiger partial charge on any atom is -0.309 e. The van der Waals surface area contributed by atoms with Crippen molar-refractivity contribution in [2.45, 2.75) is 10.9 Å². The first-order valence-corrected chi connectivity index (χ1v) is 21.8. The normalized spacial score (nSPS) is 12.6. The number of para-hydroxylation sites is 3. The van der Waals surface area contributed by atoms with Crippen molar-refractivity contribution in [3.8, 4) is 22.5 Å². The van der Waals surface area contributed by atoms with E-state index in [1.807, 2.05) is 11.8 Å². The molecule has 10 aromatic rings. The van der Waals surface area contributed by atoms with Crippen LogP contribution < -0.4 is 20.7 Å². The van der Waals surface area contributed by atoms with Crippen LogP contribution in [0.4, 0.5) is 0 Å². The van der Waals surface area contributed by atoms with Crippen molar-refractivity contribution in [2.75, 3.05) is 0 Å². The Kier molecular flexibility index (Phi) is 7.51. The van der Waals surface area contributed by atoms with Crippen LogP contribution in [-0.2, 0) is 5.75 Å². The van der Waals surface area contributed by atoms with Crippen molar-refractivity contribution in [2.24, 2.45) is 0 Å². The van der Waals surface area contributed by atoms with Crippen molar-refractivity contribution in [1.29, 1.82) is 0 Å². The minimum atomic E-state index is -2.88. The Labute approximate surface area is 325 Å². The van der Waals surface area contributed by atoms with E-state index in [-0.39, 0.29) is 0 Å². The number of imidazole rings is 1. The molecule has 11 rings (SSSR count). The number of fused-ring (bicyclic) bond motifs is 8. The first-order valence-electron chi connectivity index (χ1n) is 18.8. The lowest BCUT2D eigenvalue weighted by Crippen LogP contribution is -2.74. The second-order valence-electron chi connectivity index (χ2n) is 14.3. The van der Waals surface area contributed by atoms with Crippen molar-refractivity contribution in [1.82, 2.24) is 14.1 Å². The molecule has 8 aromatic carbocycles. The van der Waals surface area contributed by atoms with Gasteiger partial charge in [0, 0.05) is 22.2 Å². The maximum atomic E-state index is 5.16. The van der Waals surface area contributed by atoms with E-state index in [2.05, 4.69) is 209 Å². The minimum absolute atomic E-state index is 0.943. The molecule has 0 saturated carbocycles. The first kappa shape index (κ1) is 32.1. The first-order chi connectivity index (χ1) is 27.3. The monoisotopic (exact) mass is 737 g/mol. The van der Waals surface area contributed by atoms with Gasteiger partial charge in [-0.3, -0.25) is 4.57 Å². The fourth-order valence-corrected chi connectivity index (χ4v) is 14.8. The lowest BCUT2D eigenvalue weighted by Gasteiger charge is -2.35. The van der Waals surface area contributed by atoms with Gasteiger partial charge in [0.1, 0.15) is 0 Å². The third-order valence-corrected chi connectivity index (χ3v) is 17.1. The summed E-state index contributed by atoms with van der Waals surface area (Å²) in [6.07, 6.45) is 0. The number of hydrogen-bond donors (Lipinski definition) is 0. The lowest BCUT2D eigenvalue weighted by molar-refractivity contribution is 0.894. The molecule has 260 valence electrons. The van der Waals surface area contributed by atoms with Gasteiger partial charge >= 0.3 is 0 Å². The topological polar surface area (TPSA) is 22.8 Å². The summed E-state index contributed by atoms with van der Waals surface area (Å²) in [5, 5.41) is 8.98. The Balaban J connectivity index is 1.13. The Morgan fingerprint density at radius 2 is 1.02 bits per heavy atom. The molecule has 0 atom stereocenters. The summed E-state index contributed by atoms with van der Waals surface area (Å²) in [7, 11) is -2.88. The van der Waals surface area contributed by atoms with Crippen LogP contribution in [0.3, 0.4) is 0 Å². The van der Waals surface area contributed by atoms with Gasteiger partial charge in [0.2, 0.25) is 0 Å². The molecule has 1 aliphatic rings. The van der Waals surface area contributed by atoms with Crippen LogP contribution in [0, 0.1) is 0 Å². The zero-order valence-electron chi connectivity index (χ0n) is 30.0. The molecule has 5 heteroatoms. The highest BCUT2D eigenvalue weighted by molar-refractivity contribution is 7.98. The molecule has 0 bridgehead atoms. The SMILES string of the molecule is c1ccc([Si](c2ccccc2)(c2cccc(-c3ccc4c(c3)nc3n4-c4ccccc4CS3)c2)c2cccc(-n3c4ccccc4c4ccccc43)c2)cc1. The number of aromatic nitrogens is 3. The highest BCUT2D eigenvalue weighted by Crippen LogP contribution is 2.38. The van der Waals surface area contributed by atoms with E-state index >= 15 is 0 Å². The van der Waals surface area contributed by atoms with Gasteiger partial charge in [0.05, 0.1) is 27.8 Å². The molecule has 2 aromatic heterocycles. The highest BCUT2D eigenvalue weighted by Gasteiger charge is 2.42. The maximum absolute atomic E-state index is 5.16. The van der Waals surface area contributed by atoms with Gasteiger partial charge in [0.15, 0.2) is 13.2 Å². The lowest BCUT2D eigenvalue weighted by atomic mass is 10.1. The molecule has 0 radical (unpaired) electrons. The molecular formula is C50H35N3SSi. The molecule has 1 aliphatic heterocycles. The molecule has 0 unspecified atom stereocenters. The largest absolute Gasteiger partial charge is 0.309 e. The van der Waals surface area contributed by atoms with Gasteiger partial charge in [-0.25, -0.2) is 4.98 Å². The van der Waals surface area contributed by atoms with E-state index < -0.39 is 8.07 Å². The van der Waals surface area contributed by atoms with Crippen LogP contribution >= 0.6 is 11.8 Å². The van der Waals surface area contributed by atoms with Crippen LogP contribution in [0.1, 0.15) is 5.56 Å². The smallest absolute Gasteiger partial charge is 0.179 e. The van der Waals surface area contributed by atoms with E-state index in [0.29, 0.717) is 0 Å². The van der Waals surface area contributed by atoms with E-state index in [0.717, 1.165) is 21.9 Å². The third-order valence-electron chi connectivity index (χ3n) is 11.4. The molecule has 0 aliphatic carbocycles. The number of benzene rings is 8. The summed E-state index contributed by atoms with van der Waals surface area (Å²) < 4.78 is 4.77. The number of thioether (sulfide) groups is 1. The summed E-state index contributed by atoms with van der Waals surface area (Å²) in [6, 6.07) is 74.2. The Morgan fingerprint density at radius 1 is 0.436 bits per heavy atom. The molecule has 0 amide bonds. The molecular weight excluding hydrogens is 703 g/mol. The second-order valence-corrected chi connectivity index (χ2v) is 19.1. The van der Waals surface area contributed by atoms with Gasteiger partial charge < -0.3 is 4.57 Å². The predicted octanol–water partition coefficient (Wildman–Crippen LogP) is 9.77. The van der Waals surface area contributed by atoms with E-state index in [1.54, 1.807) is 0 Å². The van der Waals surface area contributed by atoms with Crippen LogP contribution in [0.2, 0.25) is 0 Å². The summed E-state index contributed by atoms with van der Waals surface area (Å²) in [6.45, 7) is 0. The second kappa shape index (κ2) is 12.9. The van der Waals surface area contributed by atoms with E-state index in [4.69, 9.17) is 4.98 Å². The van der Waals surface area contributed by atoms with Gasteiger partial charge in [-0.1, -0.05) is 169 Å². The quantitative estimate of drug-likeness (QED) is 0.125. The van der Waals surface area contributed by atoms with E-state index in [9.17, 15) is 0 Å². The Morgan fingerprint density at radius 3 is 1.75 bits per heavy atom. The van der Waals surface area contributed by atoms with Crippen LogP contribution in [0.5, 0.6) is 0 Å². The summed E-state index contributed by atoms with van der Waals surface area (Å²) in [5.41, 5.74) is 10.7. The molecule has 0 saturated heterocycles. The van der Waals surface area contributed by atoms with E-state index in [1.165, 1.54) is 70.6 Å². The van der Waals surface area contributed by atoms with Gasteiger partial charge in [-0.05, 0) is 79.9 Å². The Bertz CT molecular complexity index is 2960. The number of nitrogens with zero attached hydrogens (tertiary/aromatic N) is 3. The molecule has 3 heterocycles. The highest BCUT2D eigenvalue weighted by atomic mass is 32.2. The van der Waals surface area contributed by atoms with Crippen molar-refractivity contribution in [3.05, 3.63) is 206 Å². The van der Waals surface area contributed by atoms with Crippen LogP contribution in [0.15, 0.2) is 205 Å². The van der Waals surface area contributed by atoms with Crippen LogP contribution in [0.25, 0.3) is 55.3 Å². The standard InChI is InChI=1S/C50H35N3SSi/c1-3-18-39(19-4-1)55(40-20-5-2-6-21-40,42-23-14-17-38(33-42)52-47-27-11-8-24-43(47)44-25-9-12-28-48(44)52)41-22-13-16-35(31-41)36-29-30-49-45(32-36)51-50-53(49)46-26-10-7-15-37(46)34-54-50/h1-33H,34H2. The molecule has 3 nitrogen and oxygen atoms in total. The molecule has 0 fully saturated rings. The van der Waals surface area contributed by atoms with Crippen molar-refractivity contribution >= 4 is 73.4 Å². The van der Waals surface area contributed by atoms with Crippen molar-refractivity contribution < 1.29 is 0 Å². The zero-order chi connectivity index (χ0) is 36.3. The third kappa shape index (κ3) is 5.01. The summed E-state index contributed by atoms with van der Waals surface area (Å²) in [5.74, 6) is 0.943. The van der Waals surface area contributed by atoms with Gasteiger partial charge in [-0.2, -0.15) is 0 Å². The molecule has 0 N–H and O–H groups in total. The van der Waals surface area contributed by atoms with Crippen LogP contribution in [-0.4, -0.2) is 22.2 Å².